The van der Waals surface area contributed by atoms with Crippen molar-refractivity contribution in [3.05, 3.63) is 17.3 Å². The predicted octanol–water partition coefficient (Wildman–Crippen LogP) is 2.89. The number of aromatic nitrogens is 2. The summed E-state index contributed by atoms with van der Waals surface area (Å²) in [5.41, 5.74) is 0.896. The summed E-state index contributed by atoms with van der Waals surface area (Å²) in [4.78, 5) is 6.79. The van der Waals surface area contributed by atoms with Crippen LogP contribution in [0.25, 0.3) is 4.96 Å². The zero-order valence-corrected chi connectivity index (χ0v) is 12.2. The molecule has 20 heavy (non-hydrogen) atoms. The number of imidazole rings is 1. The van der Waals surface area contributed by atoms with Crippen LogP contribution < -0.4 is 10.2 Å². The molecular weight excluding hydrogens is 289 g/mol. The maximum absolute atomic E-state index is 12.3. The molecule has 2 heterocycles. The van der Waals surface area contributed by atoms with Crippen LogP contribution in [0.5, 0.6) is 0 Å². The number of nitrogens with one attached hydrogen (secondary N) is 1. The third kappa shape index (κ3) is 3.43. The van der Waals surface area contributed by atoms with Crippen LogP contribution in [0.1, 0.15) is 19.0 Å². The van der Waals surface area contributed by atoms with Crippen molar-refractivity contribution < 1.29 is 13.2 Å². The van der Waals surface area contributed by atoms with E-state index in [9.17, 15) is 13.2 Å². The van der Waals surface area contributed by atoms with Gasteiger partial charge in [-0.05, 0) is 6.54 Å². The molecule has 0 atom stereocenters. The van der Waals surface area contributed by atoms with Gasteiger partial charge in [0.25, 0.3) is 0 Å². The number of halogens is 3. The first-order chi connectivity index (χ1) is 9.42. The monoisotopic (exact) mass is 306 g/mol. The highest BCUT2D eigenvalue weighted by Crippen LogP contribution is 2.26. The summed E-state index contributed by atoms with van der Waals surface area (Å²) in [6.07, 6.45) is -3.09. The van der Waals surface area contributed by atoms with Crippen LogP contribution in [0.15, 0.2) is 11.6 Å². The van der Waals surface area contributed by atoms with Gasteiger partial charge in [0.1, 0.15) is 0 Å². The lowest BCUT2D eigenvalue weighted by Crippen LogP contribution is -2.26. The fourth-order valence-electron chi connectivity index (χ4n) is 1.93. The first-order valence-corrected chi connectivity index (χ1v) is 7.23. The Bertz CT molecular complexity index is 561. The fourth-order valence-corrected chi connectivity index (χ4v) is 2.66. The number of rotatable bonds is 6. The molecule has 0 aromatic carbocycles. The van der Waals surface area contributed by atoms with E-state index >= 15 is 0 Å². The Morgan fingerprint density at radius 2 is 2.20 bits per heavy atom. The molecule has 0 saturated heterocycles. The maximum Gasteiger partial charge on any atom is 0.390 e. The molecule has 2 aromatic heterocycles. The summed E-state index contributed by atoms with van der Waals surface area (Å²) >= 11 is 1.47. The maximum atomic E-state index is 12.3. The Hall–Kier alpha value is -1.28. The average molecular weight is 306 g/mol. The predicted molar refractivity (Wildman–Crippen MR) is 74.4 cm³/mol. The molecule has 0 aliphatic rings. The van der Waals surface area contributed by atoms with Gasteiger partial charge in [-0.2, -0.15) is 13.2 Å². The molecule has 0 fully saturated rings. The van der Waals surface area contributed by atoms with Gasteiger partial charge in [0.15, 0.2) is 10.8 Å². The number of hydrogen-bond acceptors (Lipinski definition) is 4. The smallest absolute Gasteiger partial charge is 0.358 e. The summed E-state index contributed by atoms with van der Waals surface area (Å²) < 4.78 is 38.9. The second-order valence-corrected chi connectivity index (χ2v) is 5.38. The van der Waals surface area contributed by atoms with Crippen molar-refractivity contribution in [3.63, 3.8) is 0 Å². The van der Waals surface area contributed by atoms with E-state index < -0.39 is 12.6 Å². The lowest BCUT2D eigenvalue weighted by Gasteiger charge is -2.19. The molecule has 0 amide bonds. The Kier molecular flexibility index (Phi) is 4.54. The van der Waals surface area contributed by atoms with E-state index in [4.69, 9.17) is 0 Å². The van der Waals surface area contributed by atoms with Gasteiger partial charge >= 0.3 is 6.18 Å². The third-order valence-corrected chi connectivity index (χ3v) is 3.73. The van der Waals surface area contributed by atoms with Crippen LogP contribution in [0.4, 0.5) is 19.0 Å². The molecule has 2 rings (SSSR count). The molecule has 0 unspecified atom stereocenters. The quantitative estimate of drug-likeness (QED) is 0.891. The Morgan fingerprint density at radius 1 is 1.45 bits per heavy atom. The van der Waals surface area contributed by atoms with Gasteiger partial charge < -0.3 is 10.2 Å². The summed E-state index contributed by atoms with van der Waals surface area (Å²) in [6.45, 7) is 3.27. The molecular formula is C12H17F3N4S. The zero-order chi connectivity index (χ0) is 14.8. The number of anilines is 1. The molecule has 0 spiro atoms. The molecule has 112 valence electrons. The van der Waals surface area contributed by atoms with Crippen molar-refractivity contribution >= 4 is 22.1 Å². The summed E-state index contributed by atoms with van der Waals surface area (Å²) in [6, 6.07) is 0. The number of fused-ring (bicyclic) bond motifs is 1. The van der Waals surface area contributed by atoms with Crippen molar-refractivity contribution in [2.75, 3.05) is 25.0 Å². The normalized spacial score (nSPS) is 12.2. The molecule has 0 bridgehead atoms. The third-order valence-electron chi connectivity index (χ3n) is 2.97. The van der Waals surface area contributed by atoms with Gasteiger partial charge in [-0.15, -0.1) is 11.3 Å². The largest absolute Gasteiger partial charge is 0.390 e. The van der Waals surface area contributed by atoms with Crippen molar-refractivity contribution in [1.29, 1.82) is 0 Å². The SMILES string of the molecule is CCNCc1c(N(C)CCC(F)(F)F)nc2sccn12. The van der Waals surface area contributed by atoms with E-state index in [1.807, 2.05) is 22.9 Å². The highest BCUT2D eigenvalue weighted by molar-refractivity contribution is 7.15. The molecule has 1 N–H and O–H groups in total. The second kappa shape index (κ2) is 6.01. The van der Waals surface area contributed by atoms with Crippen molar-refractivity contribution in [2.45, 2.75) is 26.1 Å². The van der Waals surface area contributed by atoms with Gasteiger partial charge in [-0.25, -0.2) is 4.98 Å². The Labute approximate surface area is 119 Å². The number of hydrogen-bond donors (Lipinski definition) is 1. The minimum Gasteiger partial charge on any atom is -0.358 e. The molecule has 0 aliphatic heterocycles. The van der Waals surface area contributed by atoms with Crippen LogP contribution in [0, 0.1) is 0 Å². The number of nitrogens with zero attached hydrogens (tertiary/aromatic N) is 3. The van der Waals surface area contributed by atoms with E-state index in [2.05, 4.69) is 10.3 Å². The van der Waals surface area contributed by atoms with Gasteiger partial charge in [0, 0.05) is 31.7 Å². The second-order valence-electron chi connectivity index (χ2n) is 4.50. The van der Waals surface area contributed by atoms with E-state index in [0.29, 0.717) is 12.4 Å². The highest BCUT2D eigenvalue weighted by Gasteiger charge is 2.28. The molecule has 0 radical (unpaired) electrons. The standard InChI is InChI=1S/C12H17F3N4S/c1-3-16-8-9-10(17-11-19(9)6-7-20-11)18(2)5-4-12(13,14)15/h6-7,16H,3-5,8H2,1-2H3. The Morgan fingerprint density at radius 3 is 2.85 bits per heavy atom. The molecule has 4 nitrogen and oxygen atoms in total. The topological polar surface area (TPSA) is 32.6 Å². The van der Waals surface area contributed by atoms with Crippen LogP contribution in [-0.2, 0) is 6.54 Å². The summed E-state index contributed by atoms with van der Waals surface area (Å²) in [7, 11) is 1.65. The van der Waals surface area contributed by atoms with Crippen molar-refractivity contribution in [1.82, 2.24) is 14.7 Å². The minimum atomic E-state index is -4.15. The minimum absolute atomic E-state index is 0.0898. The van der Waals surface area contributed by atoms with Crippen LogP contribution in [-0.4, -0.2) is 35.7 Å². The van der Waals surface area contributed by atoms with Crippen molar-refractivity contribution in [3.8, 4) is 0 Å². The van der Waals surface area contributed by atoms with Crippen LogP contribution in [0.3, 0.4) is 0 Å². The van der Waals surface area contributed by atoms with Gasteiger partial charge in [-0.3, -0.25) is 4.40 Å². The van der Waals surface area contributed by atoms with Crippen LogP contribution >= 0.6 is 11.3 Å². The van der Waals surface area contributed by atoms with Crippen molar-refractivity contribution in [2.24, 2.45) is 0 Å². The number of thiazole rings is 1. The van der Waals surface area contributed by atoms with Crippen LogP contribution in [0.2, 0.25) is 0 Å². The number of alkyl halides is 3. The van der Waals surface area contributed by atoms with E-state index in [1.165, 1.54) is 11.3 Å². The Balaban J connectivity index is 2.20. The first-order valence-electron chi connectivity index (χ1n) is 6.35. The first kappa shape index (κ1) is 15.1. The highest BCUT2D eigenvalue weighted by atomic mass is 32.1. The summed E-state index contributed by atoms with van der Waals surface area (Å²) in [5.74, 6) is 0.613. The van der Waals surface area contributed by atoms with E-state index in [1.54, 1.807) is 11.9 Å². The lowest BCUT2D eigenvalue weighted by atomic mass is 10.3. The molecule has 0 saturated carbocycles. The average Bonchev–Trinajstić information content (AvgIpc) is 2.93. The van der Waals surface area contributed by atoms with E-state index in [-0.39, 0.29) is 6.54 Å². The van der Waals surface area contributed by atoms with E-state index in [0.717, 1.165) is 17.2 Å². The molecule has 8 heteroatoms. The lowest BCUT2D eigenvalue weighted by molar-refractivity contribution is -0.132. The van der Waals surface area contributed by atoms with Gasteiger partial charge in [-0.1, -0.05) is 6.92 Å². The van der Waals surface area contributed by atoms with Gasteiger partial charge in [0.05, 0.1) is 12.1 Å². The zero-order valence-electron chi connectivity index (χ0n) is 11.4. The summed E-state index contributed by atoms with van der Waals surface area (Å²) in [5, 5.41) is 5.11. The molecule has 0 aliphatic carbocycles. The molecule has 2 aromatic rings. The fraction of sp³-hybridized carbons (Fsp3) is 0.583. The van der Waals surface area contributed by atoms with Gasteiger partial charge in [0.2, 0.25) is 0 Å².